The molecule has 9 heteroatoms. The van der Waals surface area contributed by atoms with Gasteiger partial charge < -0.3 is 10.4 Å². The molecule has 122 valence electrons. The van der Waals surface area contributed by atoms with Crippen molar-refractivity contribution in [1.29, 1.82) is 0 Å². The average molecular weight is 338 g/mol. The van der Waals surface area contributed by atoms with Gasteiger partial charge in [-0.1, -0.05) is 24.9 Å². The SMILES string of the molecule is CCCC(NC(=O)Cn1nnc(-c2ccc(Cl)cc2)n1)C(=O)O. The third kappa shape index (κ3) is 4.75. The van der Waals surface area contributed by atoms with E-state index in [9.17, 15) is 9.59 Å². The average Bonchev–Trinajstić information content (AvgIpc) is 2.95. The first kappa shape index (κ1) is 16.9. The Hall–Kier alpha value is -2.48. The Labute approximate surface area is 137 Å². The summed E-state index contributed by atoms with van der Waals surface area (Å²) in [6.45, 7) is 1.65. The first-order valence-corrected chi connectivity index (χ1v) is 7.43. The first-order chi connectivity index (χ1) is 11.0. The molecule has 23 heavy (non-hydrogen) atoms. The van der Waals surface area contributed by atoms with Crippen molar-refractivity contribution in [2.45, 2.75) is 32.4 Å². The van der Waals surface area contributed by atoms with Gasteiger partial charge in [-0.25, -0.2) is 4.79 Å². The third-order valence-electron chi connectivity index (χ3n) is 3.05. The van der Waals surface area contributed by atoms with Gasteiger partial charge in [0.25, 0.3) is 0 Å². The Morgan fingerprint density at radius 3 is 2.65 bits per heavy atom. The van der Waals surface area contributed by atoms with Gasteiger partial charge in [0.1, 0.15) is 12.6 Å². The van der Waals surface area contributed by atoms with Gasteiger partial charge in [0.05, 0.1) is 0 Å². The quantitative estimate of drug-likeness (QED) is 0.789. The summed E-state index contributed by atoms with van der Waals surface area (Å²) in [6, 6.07) is 5.97. The van der Waals surface area contributed by atoms with Gasteiger partial charge in [-0.3, -0.25) is 4.79 Å². The van der Waals surface area contributed by atoms with E-state index in [2.05, 4.69) is 20.7 Å². The lowest BCUT2D eigenvalue weighted by atomic mass is 10.2. The van der Waals surface area contributed by atoms with Crippen molar-refractivity contribution in [3.63, 3.8) is 0 Å². The second-order valence-corrected chi connectivity index (χ2v) is 5.33. The fraction of sp³-hybridized carbons (Fsp3) is 0.357. The predicted octanol–water partition coefficient (Wildman–Crippen LogP) is 1.36. The van der Waals surface area contributed by atoms with Gasteiger partial charge >= 0.3 is 5.97 Å². The lowest BCUT2D eigenvalue weighted by Crippen LogP contribution is -2.42. The smallest absolute Gasteiger partial charge is 0.326 e. The normalized spacial score (nSPS) is 11.9. The van der Waals surface area contributed by atoms with Gasteiger partial charge in [-0.15, -0.1) is 10.2 Å². The minimum Gasteiger partial charge on any atom is -0.480 e. The van der Waals surface area contributed by atoms with E-state index in [1.807, 2.05) is 6.92 Å². The van der Waals surface area contributed by atoms with Crippen LogP contribution in [0.5, 0.6) is 0 Å². The third-order valence-corrected chi connectivity index (χ3v) is 3.30. The van der Waals surface area contributed by atoms with Gasteiger partial charge in [-0.2, -0.15) is 4.80 Å². The summed E-state index contributed by atoms with van der Waals surface area (Å²) in [5.41, 5.74) is 0.718. The number of aromatic nitrogens is 4. The number of halogens is 1. The molecule has 0 aliphatic heterocycles. The van der Waals surface area contributed by atoms with Crippen molar-refractivity contribution in [3.8, 4) is 11.4 Å². The fourth-order valence-electron chi connectivity index (χ4n) is 1.94. The predicted molar refractivity (Wildman–Crippen MR) is 82.7 cm³/mol. The summed E-state index contributed by atoms with van der Waals surface area (Å²) in [5.74, 6) is -1.18. The zero-order valence-electron chi connectivity index (χ0n) is 12.4. The number of carbonyl (C=O) groups is 2. The van der Waals surface area contributed by atoms with Crippen LogP contribution < -0.4 is 5.32 Å². The molecule has 2 N–H and O–H groups in total. The zero-order chi connectivity index (χ0) is 16.8. The van der Waals surface area contributed by atoms with Crippen LogP contribution in [0.4, 0.5) is 0 Å². The second-order valence-electron chi connectivity index (χ2n) is 4.90. The second kappa shape index (κ2) is 7.68. The number of nitrogens with zero attached hydrogens (tertiary/aromatic N) is 4. The Morgan fingerprint density at radius 1 is 1.35 bits per heavy atom. The van der Waals surface area contributed by atoms with Gasteiger partial charge in [0.15, 0.2) is 0 Å². The van der Waals surface area contributed by atoms with Crippen LogP contribution in [0.2, 0.25) is 5.02 Å². The molecule has 0 radical (unpaired) electrons. The lowest BCUT2D eigenvalue weighted by Gasteiger charge is -2.12. The molecule has 1 amide bonds. The molecule has 1 heterocycles. The summed E-state index contributed by atoms with van der Waals surface area (Å²) in [5, 5.41) is 23.8. The molecule has 0 fully saturated rings. The topological polar surface area (TPSA) is 110 Å². The van der Waals surface area contributed by atoms with E-state index in [4.69, 9.17) is 16.7 Å². The number of hydrogen-bond acceptors (Lipinski definition) is 5. The summed E-state index contributed by atoms with van der Waals surface area (Å²) < 4.78 is 0. The number of carboxylic acid groups (broad SMARTS) is 1. The fourth-order valence-corrected chi connectivity index (χ4v) is 2.07. The van der Waals surface area contributed by atoms with Crippen molar-refractivity contribution in [3.05, 3.63) is 29.3 Å². The van der Waals surface area contributed by atoms with Crippen LogP contribution in [0.15, 0.2) is 24.3 Å². The number of amides is 1. The van der Waals surface area contributed by atoms with Crippen molar-refractivity contribution < 1.29 is 14.7 Å². The van der Waals surface area contributed by atoms with E-state index in [0.29, 0.717) is 23.7 Å². The number of nitrogens with one attached hydrogen (secondary N) is 1. The van der Waals surface area contributed by atoms with Crippen LogP contribution in [-0.2, 0) is 16.1 Å². The van der Waals surface area contributed by atoms with Crippen molar-refractivity contribution >= 4 is 23.5 Å². The lowest BCUT2D eigenvalue weighted by molar-refractivity contribution is -0.142. The molecule has 1 aromatic heterocycles. The molecule has 0 saturated heterocycles. The minimum atomic E-state index is -1.06. The monoisotopic (exact) mass is 337 g/mol. The van der Waals surface area contributed by atoms with Gasteiger partial charge in [0.2, 0.25) is 11.7 Å². The largest absolute Gasteiger partial charge is 0.480 e. The minimum absolute atomic E-state index is 0.200. The number of rotatable bonds is 7. The molecular weight excluding hydrogens is 322 g/mol. The van der Waals surface area contributed by atoms with E-state index >= 15 is 0 Å². The van der Waals surface area contributed by atoms with Crippen molar-refractivity contribution in [1.82, 2.24) is 25.5 Å². The Kier molecular flexibility index (Phi) is 5.64. The van der Waals surface area contributed by atoms with Crippen molar-refractivity contribution in [2.24, 2.45) is 0 Å². The highest BCUT2D eigenvalue weighted by molar-refractivity contribution is 6.30. The van der Waals surface area contributed by atoms with E-state index in [0.717, 1.165) is 10.4 Å². The molecule has 8 nitrogen and oxygen atoms in total. The molecule has 1 unspecified atom stereocenters. The molecule has 0 aliphatic rings. The molecule has 1 aromatic carbocycles. The maximum Gasteiger partial charge on any atom is 0.326 e. The van der Waals surface area contributed by atoms with Gasteiger partial charge in [0, 0.05) is 10.6 Å². The van der Waals surface area contributed by atoms with Crippen LogP contribution in [0.1, 0.15) is 19.8 Å². The van der Waals surface area contributed by atoms with E-state index < -0.39 is 17.9 Å². The van der Waals surface area contributed by atoms with E-state index in [-0.39, 0.29) is 6.54 Å². The molecule has 2 aromatic rings. The first-order valence-electron chi connectivity index (χ1n) is 7.05. The number of carboxylic acids is 1. The van der Waals surface area contributed by atoms with Crippen LogP contribution in [-0.4, -0.2) is 43.2 Å². The van der Waals surface area contributed by atoms with Crippen LogP contribution in [0, 0.1) is 0 Å². The molecule has 0 spiro atoms. The molecule has 0 bridgehead atoms. The summed E-state index contributed by atoms with van der Waals surface area (Å²) in [7, 11) is 0. The number of tetrazole rings is 1. The number of hydrogen-bond donors (Lipinski definition) is 2. The summed E-state index contributed by atoms with van der Waals surface area (Å²) >= 11 is 5.81. The summed E-state index contributed by atoms with van der Waals surface area (Å²) in [4.78, 5) is 24.0. The Balaban J connectivity index is 1.99. The molecule has 1 atom stereocenters. The number of aliphatic carboxylic acids is 1. The molecule has 2 rings (SSSR count). The van der Waals surface area contributed by atoms with Crippen LogP contribution in [0.3, 0.4) is 0 Å². The van der Waals surface area contributed by atoms with Crippen molar-refractivity contribution in [2.75, 3.05) is 0 Å². The summed E-state index contributed by atoms with van der Waals surface area (Å²) in [6.07, 6.45) is 1.02. The number of carbonyl (C=O) groups excluding carboxylic acids is 1. The van der Waals surface area contributed by atoms with Crippen LogP contribution in [0.25, 0.3) is 11.4 Å². The molecule has 0 aliphatic carbocycles. The molecular formula is C14H16ClN5O3. The maximum absolute atomic E-state index is 11.9. The van der Waals surface area contributed by atoms with E-state index in [1.54, 1.807) is 24.3 Å². The van der Waals surface area contributed by atoms with Gasteiger partial charge in [-0.05, 0) is 35.9 Å². The standard InChI is InChI=1S/C14H16ClN5O3/c1-2-3-11(14(22)23)16-12(21)8-20-18-13(17-19-20)9-4-6-10(15)7-5-9/h4-7,11H,2-3,8H2,1H3,(H,16,21)(H,22,23). The maximum atomic E-state index is 11.9. The highest BCUT2D eigenvalue weighted by Crippen LogP contribution is 2.16. The van der Waals surface area contributed by atoms with E-state index in [1.165, 1.54) is 0 Å². The molecule has 0 saturated carbocycles. The zero-order valence-corrected chi connectivity index (χ0v) is 13.2. The Morgan fingerprint density at radius 2 is 2.04 bits per heavy atom. The highest BCUT2D eigenvalue weighted by atomic mass is 35.5. The number of benzene rings is 1. The van der Waals surface area contributed by atoms with Crippen LogP contribution >= 0.6 is 11.6 Å². The highest BCUT2D eigenvalue weighted by Gasteiger charge is 2.19. The Bertz CT molecular complexity index is 686.